The summed E-state index contributed by atoms with van der Waals surface area (Å²) in [6.45, 7) is 0.571. The highest BCUT2D eigenvalue weighted by atomic mass is 35.5. The van der Waals surface area contributed by atoms with Crippen molar-refractivity contribution in [3.8, 4) is 17.1 Å². The van der Waals surface area contributed by atoms with E-state index in [1.165, 1.54) is 11.6 Å². The highest BCUT2D eigenvalue weighted by molar-refractivity contribution is 6.43. The summed E-state index contributed by atoms with van der Waals surface area (Å²) in [5.74, 6) is 0.234. The molecule has 1 unspecified atom stereocenters. The van der Waals surface area contributed by atoms with Gasteiger partial charge in [-0.05, 0) is 43.3 Å². The van der Waals surface area contributed by atoms with Crippen LogP contribution >= 0.6 is 34.8 Å². The van der Waals surface area contributed by atoms with Crippen LogP contribution in [0, 0.1) is 0 Å². The minimum absolute atomic E-state index is 0.0361. The molecular formula is C22H18Cl3F3N6O2. The van der Waals surface area contributed by atoms with Crippen LogP contribution in [0.25, 0.3) is 17.1 Å². The number of alkyl halides is 3. The summed E-state index contributed by atoms with van der Waals surface area (Å²) >= 11 is 18.3. The van der Waals surface area contributed by atoms with E-state index in [0.29, 0.717) is 16.3 Å². The number of rotatable bonds is 7. The SMILES string of the molecule is CC(O)c1nc(Cn2nc(-c3ccc(Cl)cc3)n(CCC(F)(F)F)c2=O)nn1-c1cccc(Cl)c1Cl. The Labute approximate surface area is 217 Å². The standard InChI is InChI=1S/C22H18Cl3F3N6O2/c1-12(35)19-29-17(30-34(19)16-4-2-3-15(24)18(16)25)11-33-21(36)32(10-9-22(26,27)28)20(31-33)13-5-7-14(23)8-6-13/h2-8,12,35H,9-11H2,1H3. The summed E-state index contributed by atoms with van der Waals surface area (Å²) in [7, 11) is 0. The van der Waals surface area contributed by atoms with Gasteiger partial charge in [0.05, 0.1) is 22.2 Å². The van der Waals surface area contributed by atoms with Crippen molar-refractivity contribution in [2.75, 3.05) is 0 Å². The average Bonchev–Trinajstić information content (AvgIpc) is 3.36. The van der Waals surface area contributed by atoms with E-state index in [2.05, 4.69) is 15.2 Å². The average molecular weight is 562 g/mol. The third kappa shape index (κ3) is 5.59. The van der Waals surface area contributed by atoms with Crippen molar-refractivity contribution in [3.05, 3.63) is 79.7 Å². The minimum atomic E-state index is -4.47. The smallest absolute Gasteiger partial charge is 0.385 e. The molecule has 190 valence electrons. The van der Waals surface area contributed by atoms with Crippen molar-refractivity contribution in [1.29, 1.82) is 0 Å². The second-order valence-corrected chi connectivity index (χ2v) is 9.06. The molecule has 36 heavy (non-hydrogen) atoms. The van der Waals surface area contributed by atoms with Crippen molar-refractivity contribution < 1.29 is 18.3 Å². The molecule has 4 aromatic rings. The lowest BCUT2D eigenvalue weighted by molar-refractivity contribution is -0.136. The predicted octanol–water partition coefficient (Wildman–Crippen LogP) is 5.31. The molecule has 0 aliphatic rings. The van der Waals surface area contributed by atoms with Crippen LogP contribution in [-0.2, 0) is 13.1 Å². The predicted molar refractivity (Wildman–Crippen MR) is 129 cm³/mol. The molecule has 0 aliphatic heterocycles. The van der Waals surface area contributed by atoms with Crippen LogP contribution in [0.15, 0.2) is 47.3 Å². The van der Waals surface area contributed by atoms with Crippen molar-refractivity contribution in [2.24, 2.45) is 0 Å². The van der Waals surface area contributed by atoms with Gasteiger partial charge in [0.15, 0.2) is 17.5 Å². The highest BCUT2D eigenvalue weighted by Crippen LogP contribution is 2.30. The zero-order chi connectivity index (χ0) is 26.2. The van der Waals surface area contributed by atoms with Gasteiger partial charge in [-0.25, -0.2) is 19.1 Å². The van der Waals surface area contributed by atoms with E-state index in [0.717, 1.165) is 9.25 Å². The maximum atomic E-state index is 13.1. The van der Waals surface area contributed by atoms with E-state index in [1.807, 2.05) is 0 Å². The van der Waals surface area contributed by atoms with Gasteiger partial charge >= 0.3 is 11.9 Å². The molecule has 2 heterocycles. The van der Waals surface area contributed by atoms with Gasteiger partial charge in [0.25, 0.3) is 0 Å². The quantitative estimate of drug-likeness (QED) is 0.330. The first-order chi connectivity index (χ1) is 16.9. The Kier molecular flexibility index (Phi) is 7.46. The monoisotopic (exact) mass is 560 g/mol. The molecule has 14 heteroatoms. The van der Waals surface area contributed by atoms with Crippen molar-refractivity contribution in [3.63, 3.8) is 0 Å². The molecule has 1 atom stereocenters. The lowest BCUT2D eigenvalue weighted by Gasteiger charge is -2.09. The first-order valence-electron chi connectivity index (χ1n) is 10.5. The molecule has 0 amide bonds. The fraction of sp³-hybridized carbons (Fsp3) is 0.273. The molecule has 4 rings (SSSR count). The summed E-state index contributed by atoms with van der Waals surface area (Å²) in [6.07, 6.45) is -6.75. The Balaban J connectivity index is 1.76. The second-order valence-electron chi connectivity index (χ2n) is 7.83. The molecule has 8 nitrogen and oxygen atoms in total. The Hall–Kier alpha value is -2.86. The molecule has 2 aromatic carbocycles. The summed E-state index contributed by atoms with van der Waals surface area (Å²) in [5, 5.41) is 19.7. The van der Waals surface area contributed by atoms with Crippen LogP contribution in [0.5, 0.6) is 0 Å². The fourth-order valence-electron chi connectivity index (χ4n) is 3.47. The van der Waals surface area contributed by atoms with Gasteiger partial charge in [-0.2, -0.15) is 13.2 Å². The summed E-state index contributed by atoms with van der Waals surface area (Å²) in [6, 6.07) is 11.0. The molecule has 0 saturated heterocycles. The number of aliphatic hydroxyl groups excluding tert-OH is 1. The second kappa shape index (κ2) is 10.3. The highest BCUT2D eigenvalue weighted by Gasteiger charge is 2.29. The van der Waals surface area contributed by atoms with Crippen molar-refractivity contribution in [1.82, 2.24) is 29.1 Å². The van der Waals surface area contributed by atoms with Crippen LogP contribution < -0.4 is 5.69 Å². The lowest BCUT2D eigenvalue weighted by atomic mass is 10.2. The zero-order valence-electron chi connectivity index (χ0n) is 18.5. The van der Waals surface area contributed by atoms with E-state index in [9.17, 15) is 23.1 Å². The Bertz CT molecular complexity index is 1440. The Morgan fingerprint density at radius 1 is 1.06 bits per heavy atom. The number of aliphatic hydroxyl groups is 1. The summed E-state index contributed by atoms with van der Waals surface area (Å²) < 4.78 is 42.0. The van der Waals surface area contributed by atoms with Gasteiger partial charge in [0.1, 0.15) is 12.6 Å². The van der Waals surface area contributed by atoms with E-state index in [-0.39, 0.29) is 34.1 Å². The summed E-state index contributed by atoms with van der Waals surface area (Å²) in [4.78, 5) is 17.4. The van der Waals surface area contributed by atoms with Crippen LogP contribution in [-0.4, -0.2) is 40.4 Å². The number of halogens is 6. The molecule has 0 radical (unpaired) electrons. The lowest BCUT2D eigenvalue weighted by Crippen LogP contribution is -2.27. The summed E-state index contributed by atoms with van der Waals surface area (Å²) in [5.41, 5.74) is -0.0186. The van der Waals surface area contributed by atoms with Gasteiger partial charge in [-0.1, -0.05) is 40.9 Å². The maximum absolute atomic E-state index is 13.1. The van der Waals surface area contributed by atoms with Crippen molar-refractivity contribution >= 4 is 34.8 Å². The molecule has 0 aliphatic carbocycles. The van der Waals surface area contributed by atoms with Crippen LogP contribution in [0.2, 0.25) is 15.1 Å². The van der Waals surface area contributed by atoms with E-state index < -0.39 is 30.9 Å². The number of aromatic nitrogens is 6. The third-order valence-corrected chi connectivity index (χ3v) is 6.21. The normalized spacial score (nSPS) is 12.8. The third-order valence-electron chi connectivity index (χ3n) is 5.14. The molecule has 0 bridgehead atoms. The fourth-order valence-corrected chi connectivity index (χ4v) is 3.97. The Morgan fingerprint density at radius 3 is 2.39 bits per heavy atom. The van der Waals surface area contributed by atoms with Gasteiger partial charge in [-0.3, -0.25) is 4.57 Å². The van der Waals surface area contributed by atoms with E-state index in [1.54, 1.807) is 42.5 Å². The molecule has 1 N–H and O–H groups in total. The van der Waals surface area contributed by atoms with Crippen LogP contribution in [0.4, 0.5) is 13.2 Å². The van der Waals surface area contributed by atoms with Crippen LogP contribution in [0.1, 0.15) is 31.1 Å². The molecule has 0 fully saturated rings. The van der Waals surface area contributed by atoms with Gasteiger partial charge < -0.3 is 5.11 Å². The molecule has 0 spiro atoms. The first kappa shape index (κ1) is 26.2. The van der Waals surface area contributed by atoms with Gasteiger partial charge in [-0.15, -0.1) is 10.2 Å². The van der Waals surface area contributed by atoms with E-state index in [4.69, 9.17) is 34.8 Å². The zero-order valence-corrected chi connectivity index (χ0v) is 20.8. The Morgan fingerprint density at radius 2 is 1.75 bits per heavy atom. The van der Waals surface area contributed by atoms with Crippen LogP contribution in [0.3, 0.4) is 0 Å². The molecule has 2 aromatic heterocycles. The maximum Gasteiger partial charge on any atom is 0.390 e. The number of nitrogens with zero attached hydrogens (tertiary/aromatic N) is 6. The number of hydrogen-bond acceptors (Lipinski definition) is 5. The van der Waals surface area contributed by atoms with E-state index >= 15 is 0 Å². The van der Waals surface area contributed by atoms with Gasteiger partial charge in [0.2, 0.25) is 0 Å². The number of benzene rings is 2. The van der Waals surface area contributed by atoms with Crippen molar-refractivity contribution in [2.45, 2.75) is 38.7 Å². The molecule has 0 saturated carbocycles. The number of hydrogen-bond donors (Lipinski definition) is 1. The first-order valence-corrected chi connectivity index (χ1v) is 11.7. The van der Waals surface area contributed by atoms with Gasteiger partial charge in [0, 0.05) is 17.1 Å². The largest absolute Gasteiger partial charge is 0.390 e. The molecular weight excluding hydrogens is 544 g/mol. The topological polar surface area (TPSA) is 90.8 Å². The minimum Gasteiger partial charge on any atom is -0.385 e.